The van der Waals surface area contributed by atoms with Gasteiger partial charge in [0.15, 0.2) is 0 Å². The highest BCUT2D eigenvalue weighted by Crippen LogP contribution is 2.21. The number of hydrogen-bond donors (Lipinski definition) is 1. The number of esters is 1. The van der Waals surface area contributed by atoms with Gasteiger partial charge in [-0.3, -0.25) is 9.59 Å². The van der Waals surface area contributed by atoms with Crippen LogP contribution in [0.2, 0.25) is 0 Å². The molecule has 7 nitrogen and oxygen atoms in total. The molecule has 0 atom stereocenters. The van der Waals surface area contributed by atoms with E-state index < -0.39 is 11.9 Å². The van der Waals surface area contributed by atoms with Crippen LogP contribution in [0.1, 0.15) is 31.1 Å². The Morgan fingerprint density at radius 2 is 1.68 bits per heavy atom. The van der Waals surface area contributed by atoms with Gasteiger partial charge >= 0.3 is 5.97 Å². The summed E-state index contributed by atoms with van der Waals surface area (Å²) in [4.78, 5) is 37.7. The highest BCUT2D eigenvalue weighted by atomic mass is 16.5. The summed E-state index contributed by atoms with van der Waals surface area (Å²) >= 11 is 0. The van der Waals surface area contributed by atoms with Gasteiger partial charge in [0.05, 0.1) is 24.5 Å². The number of para-hydroxylation sites is 1. The maximum atomic E-state index is 12.5. The molecule has 2 amide bonds. The SMILES string of the molecule is COC(=O)c1ccccc1NC(=O)CN(C(C)=O)c1ccc(OC(C)C)cc1. The van der Waals surface area contributed by atoms with Crippen LogP contribution in [0.3, 0.4) is 0 Å². The van der Waals surface area contributed by atoms with Crippen molar-refractivity contribution in [1.29, 1.82) is 0 Å². The highest BCUT2D eigenvalue weighted by molar-refractivity contribution is 6.05. The lowest BCUT2D eigenvalue weighted by atomic mass is 10.2. The molecule has 0 saturated carbocycles. The molecule has 0 aliphatic carbocycles. The van der Waals surface area contributed by atoms with Gasteiger partial charge in [0, 0.05) is 12.6 Å². The summed E-state index contributed by atoms with van der Waals surface area (Å²) in [5, 5.41) is 2.66. The number of nitrogens with zero attached hydrogens (tertiary/aromatic N) is 1. The zero-order valence-corrected chi connectivity index (χ0v) is 16.4. The Morgan fingerprint density at radius 1 is 1.04 bits per heavy atom. The number of hydrogen-bond acceptors (Lipinski definition) is 5. The second-order valence-electron chi connectivity index (χ2n) is 6.35. The van der Waals surface area contributed by atoms with E-state index >= 15 is 0 Å². The lowest BCUT2D eigenvalue weighted by Gasteiger charge is -2.21. The number of carbonyl (C=O) groups excluding carboxylic acids is 3. The first kappa shape index (κ1) is 21.0. The molecule has 0 spiro atoms. The number of amides is 2. The zero-order valence-electron chi connectivity index (χ0n) is 16.4. The third kappa shape index (κ3) is 5.57. The lowest BCUT2D eigenvalue weighted by Crippen LogP contribution is -2.36. The molecule has 0 radical (unpaired) electrons. The van der Waals surface area contributed by atoms with Gasteiger partial charge in [0.25, 0.3) is 0 Å². The van der Waals surface area contributed by atoms with E-state index in [0.29, 0.717) is 17.1 Å². The van der Waals surface area contributed by atoms with Crippen LogP contribution in [0.25, 0.3) is 0 Å². The molecule has 2 rings (SSSR count). The summed E-state index contributed by atoms with van der Waals surface area (Å²) in [7, 11) is 1.27. The summed E-state index contributed by atoms with van der Waals surface area (Å²) in [5.74, 6) is -0.596. The summed E-state index contributed by atoms with van der Waals surface area (Å²) in [5.41, 5.74) is 1.13. The molecule has 0 heterocycles. The van der Waals surface area contributed by atoms with E-state index in [0.717, 1.165) is 0 Å². The van der Waals surface area contributed by atoms with Gasteiger partial charge in [0.2, 0.25) is 11.8 Å². The van der Waals surface area contributed by atoms with Crippen LogP contribution in [0, 0.1) is 0 Å². The van der Waals surface area contributed by atoms with Gasteiger partial charge in [-0.15, -0.1) is 0 Å². The standard InChI is InChI=1S/C21H24N2O5/c1-14(2)28-17-11-9-16(10-12-17)23(15(3)24)13-20(25)22-19-8-6-5-7-18(19)21(26)27-4/h5-12,14H,13H2,1-4H3,(H,22,25). The molecule has 7 heteroatoms. The Bertz CT molecular complexity index is 846. The van der Waals surface area contributed by atoms with E-state index in [2.05, 4.69) is 5.32 Å². The molecule has 0 unspecified atom stereocenters. The number of benzene rings is 2. The molecule has 1 N–H and O–H groups in total. The average molecular weight is 384 g/mol. The second-order valence-corrected chi connectivity index (χ2v) is 6.35. The van der Waals surface area contributed by atoms with Crippen molar-refractivity contribution in [3.63, 3.8) is 0 Å². The maximum absolute atomic E-state index is 12.5. The van der Waals surface area contributed by atoms with Gasteiger partial charge in [-0.1, -0.05) is 12.1 Å². The average Bonchev–Trinajstić information content (AvgIpc) is 2.66. The molecule has 0 bridgehead atoms. The van der Waals surface area contributed by atoms with Gasteiger partial charge in [-0.2, -0.15) is 0 Å². The Balaban J connectivity index is 2.14. The van der Waals surface area contributed by atoms with Crippen LogP contribution < -0.4 is 15.0 Å². The lowest BCUT2D eigenvalue weighted by molar-refractivity contribution is -0.120. The number of rotatable bonds is 7. The largest absolute Gasteiger partial charge is 0.491 e. The number of ether oxygens (including phenoxy) is 2. The summed E-state index contributed by atoms with van der Waals surface area (Å²) < 4.78 is 10.3. The van der Waals surface area contributed by atoms with Gasteiger partial charge < -0.3 is 19.7 Å². The van der Waals surface area contributed by atoms with Crippen molar-refractivity contribution in [3.05, 3.63) is 54.1 Å². The molecule has 0 aliphatic heterocycles. The van der Waals surface area contributed by atoms with E-state index in [1.54, 1.807) is 48.5 Å². The molecule has 0 fully saturated rings. The minimum absolute atomic E-state index is 0.0374. The quantitative estimate of drug-likeness (QED) is 0.741. The topological polar surface area (TPSA) is 84.9 Å². The first-order chi connectivity index (χ1) is 13.3. The molecule has 0 saturated heterocycles. The monoisotopic (exact) mass is 384 g/mol. The van der Waals surface area contributed by atoms with Crippen LogP contribution in [-0.4, -0.2) is 37.5 Å². The zero-order chi connectivity index (χ0) is 20.7. The molecule has 2 aromatic rings. The fourth-order valence-corrected chi connectivity index (χ4v) is 2.57. The molecule has 28 heavy (non-hydrogen) atoms. The Labute approximate surface area is 164 Å². The van der Waals surface area contributed by atoms with Crippen molar-refractivity contribution in [2.45, 2.75) is 26.9 Å². The number of methoxy groups -OCH3 is 1. The van der Waals surface area contributed by atoms with E-state index in [-0.39, 0.29) is 24.1 Å². The Kier molecular flexibility index (Phi) is 7.14. The van der Waals surface area contributed by atoms with Crippen molar-refractivity contribution < 1.29 is 23.9 Å². The van der Waals surface area contributed by atoms with E-state index in [4.69, 9.17) is 9.47 Å². The minimum atomic E-state index is -0.555. The predicted octanol–water partition coefficient (Wildman–Crippen LogP) is 3.25. The smallest absolute Gasteiger partial charge is 0.339 e. The van der Waals surface area contributed by atoms with Gasteiger partial charge in [0.1, 0.15) is 12.3 Å². The minimum Gasteiger partial charge on any atom is -0.491 e. The first-order valence-electron chi connectivity index (χ1n) is 8.83. The van der Waals surface area contributed by atoms with E-state index in [9.17, 15) is 14.4 Å². The molecular weight excluding hydrogens is 360 g/mol. The number of anilines is 2. The van der Waals surface area contributed by atoms with Crippen LogP contribution in [-0.2, 0) is 14.3 Å². The van der Waals surface area contributed by atoms with Crippen molar-refractivity contribution in [2.75, 3.05) is 23.9 Å². The molecular formula is C21H24N2O5. The normalized spacial score (nSPS) is 10.3. The van der Waals surface area contributed by atoms with Gasteiger partial charge in [-0.25, -0.2) is 4.79 Å². The Hall–Kier alpha value is -3.35. The fraction of sp³-hybridized carbons (Fsp3) is 0.286. The molecule has 0 aromatic heterocycles. The summed E-state index contributed by atoms with van der Waals surface area (Å²) in [6, 6.07) is 13.4. The third-order valence-electron chi connectivity index (χ3n) is 3.81. The third-order valence-corrected chi connectivity index (χ3v) is 3.81. The summed E-state index contributed by atoms with van der Waals surface area (Å²) in [6.45, 7) is 5.03. The van der Waals surface area contributed by atoms with Crippen molar-refractivity contribution in [1.82, 2.24) is 0 Å². The Morgan fingerprint density at radius 3 is 2.25 bits per heavy atom. The van der Waals surface area contributed by atoms with Crippen LogP contribution in [0.15, 0.2) is 48.5 Å². The van der Waals surface area contributed by atoms with Crippen molar-refractivity contribution in [2.24, 2.45) is 0 Å². The van der Waals surface area contributed by atoms with E-state index in [1.165, 1.54) is 18.9 Å². The van der Waals surface area contributed by atoms with Crippen LogP contribution in [0.4, 0.5) is 11.4 Å². The van der Waals surface area contributed by atoms with Crippen LogP contribution >= 0.6 is 0 Å². The second kappa shape index (κ2) is 9.55. The van der Waals surface area contributed by atoms with E-state index in [1.807, 2.05) is 13.8 Å². The molecule has 2 aromatic carbocycles. The van der Waals surface area contributed by atoms with Crippen molar-refractivity contribution in [3.8, 4) is 5.75 Å². The predicted molar refractivity (Wildman–Crippen MR) is 107 cm³/mol. The fourth-order valence-electron chi connectivity index (χ4n) is 2.57. The molecule has 0 aliphatic rings. The van der Waals surface area contributed by atoms with Gasteiger partial charge in [-0.05, 0) is 50.2 Å². The number of nitrogens with one attached hydrogen (secondary N) is 1. The van der Waals surface area contributed by atoms with Crippen LogP contribution in [0.5, 0.6) is 5.75 Å². The highest BCUT2D eigenvalue weighted by Gasteiger charge is 2.18. The maximum Gasteiger partial charge on any atom is 0.339 e. The van der Waals surface area contributed by atoms with Crippen molar-refractivity contribution >= 4 is 29.2 Å². The first-order valence-corrected chi connectivity index (χ1v) is 8.83. The number of carbonyl (C=O) groups is 3. The summed E-state index contributed by atoms with van der Waals surface area (Å²) in [6.07, 6.45) is 0.0374. The molecule has 148 valence electrons.